The van der Waals surface area contributed by atoms with Gasteiger partial charge >= 0.3 is 0 Å². The van der Waals surface area contributed by atoms with E-state index >= 15 is 0 Å². The summed E-state index contributed by atoms with van der Waals surface area (Å²) in [5, 5.41) is 8.06. The van der Waals surface area contributed by atoms with Gasteiger partial charge in [-0.15, -0.1) is 0 Å². The van der Waals surface area contributed by atoms with Crippen molar-refractivity contribution in [2.24, 2.45) is 13.0 Å². The maximum Gasteiger partial charge on any atom is 0.157 e. The summed E-state index contributed by atoms with van der Waals surface area (Å²) in [5.74, 6) is 2.72. The van der Waals surface area contributed by atoms with E-state index < -0.39 is 0 Å². The molecule has 3 aromatic heterocycles. The van der Waals surface area contributed by atoms with Crippen LogP contribution in [-0.4, -0.2) is 24.1 Å². The van der Waals surface area contributed by atoms with Gasteiger partial charge in [0.2, 0.25) is 0 Å². The van der Waals surface area contributed by atoms with Gasteiger partial charge in [-0.1, -0.05) is 6.92 Å². The molecule has 0 saturated heterocycles. The molecule has 6 heteroatoms. The van der Waals surface area contributed by atoms with Crippen molar-refractivity contribution in [1.29, 1.82) is 0 Å². The molecule has 3 heterocycles. The first-order valence-corrected chi connectivity index (χ1v) is 7.83. The highest BCUT2D eigenvalue weighted by Gasteiger charge is 2.35. The predicted molar refractivity (Wildman–Crippen MR) is 84.7 cm³/mol. The molecular weight excluding hydrogens is 276 g/mol. The largest absolute Gasteiger partial charge is 0.360 e. The molecular formula is C16H20N6. The van der Waals surface area contributed by atoms with Crippen LogP contribution in [-0.2, 0) is 13.5 Å². The third kappa shape index (κ3) is 2.24. The van der Waals surface area contributed by atoms with Crippen molar-refractivity contribution >= 4 is 11.5 Å². The lowest BCUT2D eigenvalue weighted by molar-refractivity contribution is 0.601. The Morgan fingerprint density at radius 2 is 2.23 bits per heavy atom. The smallest absolute Gasteiger partial charge is 0.157 e. The van der Waals surface area contributed by atoms with Gasteiger partial charge in [0.15, 0.2) is 5.65 Å². The van der Waals surface area contributed by atoms with Crippen LogP contribution in [0.25, 0.3) is 5.65 Å². The number of fused-ring (bicyclic) bond motifs is 1. The Morgan fingerprint density at radius 1 is 1.36 bits per heavy atom. The van der Waals surface area contributed by atoms with E-state index in [1.165, 1.54) is 12.8 Å². The first kappa shape index (κ1) is 13.3. The van der Waals surface area contributed by atoms with Gasteiger partial charge in [0, 0.05) is 37.3 Å². The topological polar surface area (TPSA) is 60.0 Å². The van der Waals surface area contributed by atoms with E-state index in [2.05, 4.69) is 37.9 Å². The fraction of sp³-hybridized carbons (Fsp3) is 0.438. The summed E-state index contributed by atoms with van der Waals surface area (Å²) in [4.78, 5) is 9.14. The van der Waals surface area contributed by atoms with Crippen LogP contribution in [0.1, 0.15) is 37.3 Å². The minimum Gasteiger partial charge on any atom is -0.360 e. The second-order valence-electron chi connectivity index (χ2n) is 5.94. The van der Waals surface area contributed by atoms with E-state index in [9.17, 15) is 0 Å². The molecule has 1 aliphatic carbocycles. The molecule has 1 saturated carbocycles. The molecule has 0 aliphatic heterocycles. The molecule has 6 nitrogen and oxygen atoms in total. The van der Waals surface area contributed by atoms with Crippen molar-refractivity contribution < 1.29 is 0 Å². The lowest BCUT2D eigenvalue weighted by Gasteiger charge is -2.20. The number of nitrogens with one attached hydrogen (secondary N) is 1. The highest BCUT2D eigenvalue weighted by Crippen LogP contribution is 2.42. The molecule has 1 fully saturated rings. The van der Waals surface area contributed by atoms with Crippen LogP contribution < -0.4 is 5.32 Å². The zero-order valence-corrected chi connectivity index (χ0v) is 12.9. The van der Waals surface area contributed by atoms with E-state index in [1.54, 1.807) is 6.20 Å². The predicted octanol–water partition coefficient (Wildman–Crippen LogP) is 2.59. The zero-order chi connectivity index (χ0) is 15.1. The summed E-state index contributed by atoms with van der Waals surface area (Å²) in [7, 11) is 2.05. The highest BCUT2D eigenvalue weighted by molar-refractivity contribution is 5.50. The van der Waals surface area contributed by atoms with Gasteiger partial charge in [-0.05, 0) is 25.2 Å². The number of anilines is 1. The van der Waals surface area contributed by atoms with E-state index in [0.29, 0.717) is 5.92 Å². The standard InChI is InChI=1S/C16H20N6/c1-3-12-10-14(22-13(19-12)6-7-18-22)20-15(11-4-5-11)16-17-8-9-21(16)2/h6-11,15,20H,3-5H2,1-2H3/t15-/m0/s1. The lowest BCUT2D eigenvalue weighted by atomic mass is 10.1. The van der Waals surface area contributed by atoms with Crippen molar-refractivity contribution in [3.05, 3.63) is 42.2 Å². The number of nitrogens with zero attached hydrogens (tertiary/aromatic N) is 5. The van der Waals surface area contributed by atoms with Gasteiger partial charge in [0.05, 0.1) is 12.2 Å². The number of hydrogen-bond acceptors (Lipinski definition) is 4. The van der Waals surface area contributed by atoms with Crippen LogP contribution in [0.4, 0.5) is 5.82 Å². The molecule has 0 aromatic carbocycles. The average Bonchev–Trinajstić information content (AvgIpc) is 3.10. The minimum atomic E-state index is 0.222. The summed E-state index contributed by atoms with van der Waals surface area (Å²) in [6.45, 7) is 2.12. The molecule has 0 bridgehead atoms. The fourth-order valence-electron chi connectivity index (χ4n) is 2.91. The second-order valence-corrected chi connectivity index (χ2v) is 5.94. The SMILES string of the molecule is CCc1cc(N[C@H](c2nccn2C)C2CC2)n2nccc2n1. The molecule has 3 aromatic rings. The van der Waals surface area contributed by atoms with Crippen molar-refractivity contribution in [2.75, 3.05) is 5.32 Å². The maximum atomic E-state index is 4.60. The third-order valence-corrected chi connectivity index (χ3v) is 4.31. The Labute approximate surface area is 129 Å². The van der Waals surface area contributed by atoms with Gasteiger partial charge in [-0.2, -0.15) is 9.61 Å². The second kappa shape index (κ2) is 5.12. The molecule has 0 radical (unpaired) electrons. The fourth-order valence-corrected chi connectivity index (χ4v) is 2.91. The van der Waals surface area contributed by atoms with E-state index in [4.69, 9.17) is 0 Å². The normalized spacial score (nSPS) is 16.1. The molecule has 22 heavy (non-hydrogen) atoms. The molecule has 114 valence electrons. The number of imidazole rings is 1. The van der Waals surface area contributed by atoms with Crippen molar-refractivity contribution in [2.45, 2.75) is 32.2 Å². The van der Waals surface area contributed by atoms with Gasteiger partial charge < -0.3 is 9.88 Å². The lowest BCUT2D eigenvalue weighted by Crippen LogP contribution is -2.19. The number of rotatable bonds is 5. The third-order valence-electron chi connectivity index (χ3n) is 4.31. The maximum absolute atomic E-state index is 4.60. The van der Waals surface area contributed by atoms with E-state index in [1.807, 2.05) is 30.0 Å². The summed E-state index contributed by atoms with van der Waals surface area (Å²) in [6.07, 6.45) is 9.06. The van der Waals surface area contributed by atoms with Crippen LogP contribution in [0.2, 0.25) is 0 Å². The van der Waals surface area contributed by atoms with Crippen molar-refractivity contribution in [1.82, 2.24) is 24.1 Å². The Balaban J connectivity index is 1.75. The van der Waals surface area contributed by atoms with E-state index in [0.717, 1.165) is 29.4 Å². The Morgan fingerprint density at radius 3 is 2.91 bits per heavy atom. The highest BCUT2D eigenvalue weighted by atomic mass is 15.3. The van der Waals surface area contributed by atoms with Gasteiger partial charge in [-0.3, -0.25) is 0 Å². The van der Waals surface area contributed by atoms with Crippen LogP contribution in [0.15, 0.2) is 30.7 Å². The molecule has 4 rings (SSSR count). The van der Waals surface area contributed by atoms with Crippen LogP contribution in [0.5, 0.6) is 0 Å². The van der Waals surface area contributed by atoms with Crippen molar-refractivity contribution in [3.63, 3.8) is 0 Å². The Hall–Kier alpha value is -2.37. The number of hydrogen-bond donors (Lipinski definition) is 1. The minimum absolute atomic E-state index is 0.222. The van der Waals surface area contributed by atoms with Gasteiger partial charge in [0.25, 0.3) is 0 Å². The molecule has 1 atom stereocenters. The summed E-state index contributed by atoms with van der Waals surface area (Å²) < 4.78 is 3.97. The first-order chi connectivity index (χ1) is 10.8. The van der Waals surface area contributed by atoms with E-state index in [-0.39, 0.29) is 6.04 Å². The van der Waals surface area contributed by atoms with Gasteiger partial charge in [0.1, 0.15) is 11.6 Å². The van der Waals surface area contributed by atoms with Crippen molar-refractivity contribution in [3.8, 4) is 0 Å². The average molecular weight is 296 g/mol. The summed E-state index contributed by atoms with van der Waals surface area (Å²) in [5.41, 5.74) is 1.96. The molecule has 0 spiro atoms. The van der Waals surface area contributed by atoms with Crippen LogP contribution in [0, 0.1) is 5.92 Å². The Kier molecular flexibility index (Phi) is 3.10. The first-order valence-electron chi connectivity index (χ1n) is 7.83. The molecule has 0 unspecified atom stereocenters. The van der Waals surface area contributed by atoms with Crippen LogP contribution in [0.3, 0.4) is 0 Å². The molecule has 1 N–H and O–H groups in total. The van der Waals surface area contributed by atoms with Crippen LogP contribution >= 0.6 is 0 Å². The summed E-state index contributed by atoms with van der Waals surface area (Å²) in [6, 6.07) is 4.26. The monoisotopic (exact) mass is 296 g/mol. The number of aromatic nitrogens is 5. The Bertz CT molecular complexity index is 798. The quantitative estimate of drug-likeness (QED) is 0.786. The number of aryl methyl sites for hydroxylation is 2. The molecule has 0 amide bonds. The molecule has 1 aliphatic rings. The van der Waals surface area contributed by atoms with Gasteiger partial charge in [-0.25, -0.2) is 9.97 Å². The summed E-state index contributed by atoms with van der Waals surface area (Å²) >= 11 is 0. The zero-order valence-electron chi connectivity index (χ0n) is 12.9.